The van der Waals surface area contributed by atoms with Gasteiger partial charge in [-0.3, -0.25) is 4.79 Å². The predicted molar refractivity (Wildman–Crippen MR) is 39.8 cm³/mol. The van der Waals surface area contributed by atoms with Gasteiger partial charge in [-0.05, 0) is 6.42 Å². The Kier molecular flexibility index (Phi) is 4.28. The van der Waals surface area contributed by atoms with Crippen molar-refractivity contribution in [3.8, 4) is 0 Å². The lowest BCUT2D eigenvalue weighted by atomic mass is 9.99. The molecule has 4 heteroatoms. The van der Waals surface area contributed by atoms with E-state index in [0.717, 1.165) is 6.42 Å². The minimum absolute atomic E-state index is 0.461. The molecule has 0 rings (SSSR count). The molecule has 72 valence electrons. The van der Waals surface area contributed by atoms with Crippen molar-refractivity contribution in [1.29, 1.82) is 0 Å². The molecule has 0 amide bonds. The standard InChI is InChI=1S/C8H13F3O/c1-3-4-6(2)7(12)5-8(9,10)11/h6H,3-5H2,1-2H3. The van der Waals surface area contributed by atoms with E-state index in [1.54, 1.807) is 0 Å². The molecule has 1 atom stereocenters. The van der Waals surface area contributed by atoms with E-state index < -0.39 is 24.3 Å². The van der Waals surface area contributed by atoms with Crippen LogP contribution in [0.1, 0.15) is 33.1 Å². The maximum atomic E-state index is 11.7. The second-order valence-electron chi connectivity index (χ2n) is 2.95. The van der Waals surface area contributed by atoms with E-state index in [9.17, 15) is 18.0 Å². The van der Waals surface area contributed by atoms with Crippen molar-refractivity contribution in [3.05, 3.63) is 0 Å². The fourth-order valence-electron chi connectivity index (χ4n) is 0.966. The number of hydrogen-bond acceptors (Lipinski definition) is 1. The maximum absolute atomic E-state index is 11.7. The topological polar surface area (TPSA) is 17.1 Å². The van der Waals surface area contributed by atoms with Gasteiger partial charge in [0.25, 0.3) is 0 Å². The third-order valence-corrected chi connectivity index (χ3v) is 1.65. The molecule has 12 heavy (non-hydrogen) atoms. The molecule has 0 radical (unpaired) electrons. The van der Waals surface area contributed by atoms with Gasteiger partial charge >= 0.3 is 6.18 Å². The first-order valence-corrected chi connectivity index (χ1v) is 3.96. The maximum Gasteiger partial charge on any atom is 0.395 e. The zero-order valence-electron chi connectivity index (χ0n) is 7.24. The molecule has 1 unspecified atom stereocenters. The number of carbonyl (C=O) groups is 1. The summed E-state index contributed by atoms with van der Waals surface area (Å²) in [6.07, 6.45) is -4.35. The van der Waals surface area contributed by atoms with Crippen LogP contribution in [0.3, 0.4) is 0 Å². The normalized spacial score (nSPS) is 14.4. The number of carbonyl (C=O) groups excluding carboxylic acids is 1. The van der Waals surface area contributed by atoms with Gasteiger partial charge in [0.2, 0.25) is 0 Å². The molecule has 0 aliphatic carbocycles. The Morgan fingerprint density at radius 2 is 1.92 bits per heavy atom. The van der Waals surface area contributed by atoms with Crippen LogP contribution in [0.4, 0.5) is 13.2 Å². The van der Waals surface area contributed by atoms with Gasteiger partial charge in [-0.2, -0.15) is 13.2 Å². The summed E-state index contributed by atoms with van der Waals surface area (Å²) < 4.78 is 35.1. The quantitative estimate of drug-likeness (QED) is 0.653. The Balaban J connectivity index is 3.87. The summed E-state index contributed by atoms with van der Waals surface area (Å²) >= 11 is 0. The van der Waals surface area contributed by atoms with Gasteiger partial charge in [-0.15, -0.1) is 0 Å². The van der Waals surface area contributed by atoms with Crippen LogP contribution in [0.25, 0.3) is 0 Å². The van der Waals surface area contributed by atoms with Gasteiger partial charge in [0.05, 0.1) is 0 Å². The monoisotopic (exact) mass is 182 g/mol. The third-order valence-electron chi connectivity index (χ3n) is 1.65. The molecular weight excluding hydrogens is 169 g/mol. The first-order valence-electron chi connectivity index (χ1n) is 3.96. The first-order chi connectivity index (χ1) is 5.37. The highest BCUT2D eigenvalue weighted by Gasteiger charge is 2.32. The number of halogens is 3. The van der Waals surface area contributed by atoms with Crippen molar-refractivity contribution in [2.75, 3.05) is 0 Å². The molecule has 0 fully saturated rings. The molecule has 0 aliphatic rings. The lowest BCUT2D eigenvalue weighted by Gasteiger charge is -2.10. The van der Waals surface area contributed by atoms with Crippen LogP contribution in [0, 0.1) is 5.92 Å². The number of rotatable bonds is 4. The van der Waals surface area contributed by atoms with Gasteiger partial charge in [-0.25, -0.2) is 0 Å². The van der Waals surface area contributed by atoms with Crippen LogP contribution >= 0.6 is 0 Å². The highest BCUT2D eigenvalue weighted by molar-refractivity contribution is 5.81. The number of hydrogen-bond donors (Lipinski definition) is 0. The Bertz CT molecular complexity index is 151. The molecule has 0 aromatic heterocycles. The largest absolute Gasteiger partial charge is 0.395 e. The van der Waals surface area contributed by atoms with Crippen molar-refractivity contribution in [2.24, 2.45) is 5.92 Å². The van der Waals surface area contributed by atoms with E-state index in [2.05, 4.69) is 0 Å². The van der Waals surface area contributed by atoms with Crippen LogP contribution in [0.5, 0.6) is 0 Å². The lowest BCUT2D eigenvalue weighted by Crippen LogP contribution is -2.20. The summed E-state index contributed by atoms with van der Waals surface area (Å²) in [5.74, 6) is -1.17. The molecule has 0 saturated carbocycles. The van der Waals surface area contributed by atoms with Crippen LogP contribution in [-0.2, 0) is 4.79 Å². The molecular formula is C8H13F3O. The molecule has 0 aromatic carbocycles. The van der Waals surface area contributed by atoms with E-state index in [1.807, 2.05) is 6.92 Å². The van der Waals surface area contributed by atoms with Crippen LogP contribution in [0.2, 0.25) is 0 Å². The van der Waals surface area contributed by atoms with Gasteiger partial charge in [0.1, 0.15) is 12.2 Å². The van der Waals surface area contributed by atoms with Crippen molar-refractivity contribution < 1.29 is 18.0 Å². The molecule has 0 bridgehead atoms. The average molecular weight is 182 g/mol. The minimum atomic E-state index is -4.35. The Morgan fingerprint density at radius 1 is 1.42 bits per heavy atom. The Labute approximate surface area is 70.0 Å². The van der Waals surface area contributed by atoms with E-state index in [4.69, 9.17) is 0 Å². The van der Waals surface area contributed by atoms with Gasteiger partial charge < -0.3 is 0 Å². The van der Waals surface area contributed by atoms with Crippen LogP contribution in [0.15, 0.2) is 0 Å². The minimum Gasteiger partial charge on any atom is -0.299 e. The van der Waals surface area contributed by atoms with Crippen LogP contribution < -0.4 is 0 Å². The fraction of sp³-hybridized carbons (Fsp3) is 0.875. The van der Waals surface area contributed by atoms with E-state index >= 15 is 0 Å². The van der Waals surface area contributed by atoms with Gasteiger partial charge in [0, 0.05) is 5.92 Å². The summed E-state index contributed by atoms with van der Waals surface area (Å²) in [6, 6.07) is 0. The molecule has 0 aromatic rings. The number of Topliss-reactive ketones (excluding diaryl/α,β-unsaturated/α-hetero) is 1. The molecule has 0 N–H and O–H groups in total. The second-order valence-corrected chi connectivity index (χ2v) is 2.95. The molecule has 0 heterocycles. The second kappa shape index (κ2) is 4.48. The van der Waals surface area contributed by atoms with E-state index in [-0.39, 0.29) is 0 Å². The predicted octanol–water partition coefficient (Wildman–Crippen LogP) is 2.94. The molecule has 1 nitrogen and oxygen atoms in total. The Morgan fingerprint density at radius 3 is 2.25 bits per heavy atom. The fourth-order valence-corrected chi connectivity index (χ4v) is 0.966. The third kappa shape index (κ3) is 5.16. The SMILES string of the molecule is CCCC(C)C(=O)CC(F)(F)F. The number of ketones is 1. The zero-order chi connectivity index (χ0) is 9.78. The molecule has 0 spiro atoms. The van der Waals surface area contributed by atoms with Crippen molar-refractivity contribution in [2.45, 2.75) is 39.3 Å². The van der Waals surface area contributed by atoms with Gasteiger partial charge in [0.15, 0.2) is 0 Å². The van der Waals surface area contributed by atoms with Crippen molar-refractivity contribution in [1.82, 2.24) is 0 Å². The number of alkyl halides is 3. The summed E-state index contributed by atoms with van der Waals surface area (Å²) in [5.41, 5.74) is 0. The average Bonchev–Trinajstić information content (AvgIpc) is 1.84. The lowest BCUT2D eigenvalue weighted by molar-refractivity contribution is -0.154. The van der Waals surface area contributed by atoms with Crippen molar-refractivity contribution in [3.63, 3.8) is 0 Å². The summed E-state index contributed by atoms with van der Waals surface area (Å²) in [6.45, 7) is 3.38. The molecule has 0 aliphatic heterocycles. The Hall–Kier alpha value is -0.540. The van der Waals surface area contributed by atoms with E-state index in [1.165, 1.54) is 6.92 Å². The highest BCUT2D eigenvalue weighted by atomic mass is 19.4. The molecule has 0 saturated heterocycles. The summed E-state index contributed by atoms with van der Waals surface area (Å²) in [4.78, 5) is 10.8. The van der Waals surface area contributed by atoms with E-state index in [0.29, 0.717) is 6.42 Å². The van der Waals surface area contributed by atoms with Gasteiger partial charge in [-0.1, -0.05) is 20.3 Å². The highest BCUT2D eigenvalue weighted by Crippen LogP contribution is 2.23. The smallest absolute Gasteiger partial charge is 0.299 e. The van der Waals surface area contributed by atoms with Crippen LogP contribution in [-0.4, -0.2) is 12.0 Å². The first kappa shape index (κ1) is 11.5. The van der Waals surface area contributed by atoms with Crippen molar-refractivity contribution >= 4 is 5.78 Å². The summed E-state index contributed by atoms with van der Waals surface area (Å²) in [7, 11) is 0. The zero-order valence-corrected chi connectivity index (χ0v) is 7.24. The summed E-state index contributed by atoms with van der Waals surface area (Å²) in [5, 5.41) is 0.